The molecule has 3 rings (SSSR count). The molecule has 7 nitrogen and oxygen atoms in total. The number of amides is 1. The van der Waals surface area contributed by atoms with E-state index < -0.39 is 6.29 Å². The van der Waals surface area contributed by atoms with Crippen LogP contribution in [0.5, 0.6) is 5.75 Å². The van der Waals surface area contributed by atoms with Gasteiger partial charge in [0.2, 0.25) is 5.91 Å². The van der Waals surface area contributed by atoms with Crippen molar-refractivity contribution in [3.8, 4) is 5.75 Å². The number of hydrogen-bond donors (Lipinski definition) is 1. The summed E-state index contributed by atoms with van der Waals surface area (Å²) in [6, 6.07) is 12.0. The third-order valence-corrected chi connectivity index (χ3v) is 6.43. The molecule has 0 fully saturated rings. The van der Waals surface area contributed by atoms with E-state index in [1.807, 2.05) is 55.3 Å². The number of pyridine rings is 1. The van der Waals surface area contributed by atoms with Gasteiger partial charge in [-0.1, -0.05) is 44.2 Å². The number of carbonyl (C=O) groups is 1. The zero-order valence-corrected chi connectivity index (χ0v) is 22.8. The van der Waals surface area contributed by atoms with Gasteiger partial charge in [-0.25, -0.2) is 0 Å². The number of rotatable bonds is 15. The highest BCUT2D eigenvalue weighted by molar-refractivity contribution is 5.79. The van der Waals surface area contributed by atoms with Crippen molar-refractivity contribution in [3.63, 3.8) is 0 Å². The fourth-order valence-corrected chi connectivity index (χ4v) is 4.57. The van der Waals surface area contributed by atoms with Crippen LogP contribution in [0.4, 0.5) is 0 Å². The van der Waals surface area contributed by atoms with Gasteiger partial charge in [-0.3, -0.25) is 9.78 Å². The molecule has 1 aliphatic rings. The van der Waals surface area contributed by atoms with Gasteiger partial charge in [0.25, 0.3) is 0 Å². The van der Waals surface area contributed by atoms with Crippen molar-refractivity contribution in [3.05, 3.63) is 65.5 Å². The zero-order chi connectivity index (χ0) is 26.6. The van der Waals surface area contributed by atoms with E-state index in [4.69, 9.17) is 19.9 Å². The maximum atomic E-state index is 13.9. The molecule has 7 heteroatoms. The first-order valence-corrected chi connectivity index (χ1v) is 13.5. The van der Waals surface area contributed by atoms with Gasteiger partial charge in [0.15, 0.2) is 6.29 Å². The summed E-state index contributed by atoms with van der Waals surface area (Å²) in [5.74, 6) is 1.06. The van der Waals surface area contributed by atoms with E-state index >= 15 is 0 Å². The molecule has 37 heavy (non-hydrogen) atoms. The first-order chi connectivity index (χ1) is 17.9. The maximum Gasteiger partial charge on any atom is 0.227 e. The molecule has 1 aliphatic carbocycles. The second-order valence-electron chi connectivity index (χ2n) is 9.88. The molecule has 0 spiro atoms. The Morgan fingerprint density at radius 2 is 1.86 bits per heavy atom. The van der Waals surface area contributed by atoms with Crippen molar-refractivity contribution in [2.24, 2.45) is 17.6 Å². The van der Waals surface area contributed by atoms with Gasteiger partial charge in [-0.2, -0.15) is 0 Å². The summed E-state index contributed by atoms with van der Waals surface area (Å²) in [4.78, 5) is 20.4. The first kappa shape index (κ1) is 28.8. The molecule has 0 saturated carbocycles. The van der Waals surface area contributed by atoms with E-state index in [1.54, 1.807) is 0 Å². The molecule has 1 amide bonds. The van der Waals surface area contributed by atoms with E-state index in [0.29, 0.717) is 45.2 Å². The monoisotopic (exact) mass is 509 g/mol. The number of ether oxygens (including phenoxy) is 3. The molecule has 0 aliphatic heterocycles. The summed E-state index contributed by atoms with van der Waals surface area (Å²) in [6.45, 7) is 10.9. The minimum Gasteiger partial charge on any atom is -0.493 e. The summed E-state index contributed by atoms with van der Waals surface area (Å²) in [5, 5.41) is 0. The first-order valence-electron chi connectivity index (χ1n) is 13.5. The van der Waals surface area contributed by atoms with Gasteiger partial charge >= 0.3 is 0 Å². The van der Waals surface area contributed by atoms with Crippen molar-refractivity contribution in [2.75, 3.05) is 39.5 Å². The van der Waals surface area contributed by atoms with E-state index in [9.17, 15) is 4.79 Å². The van der Waals surface area contributed by atoms with Crippen LogP contribution in [0.3, 0.4) is 0 Å². The predicted molar refractivity (Wildman–Crippen MR) is 147 cm³/mol. The standard InChI is InChI=1S/C30H43N3O4/c1-5-35-28(36-6-2)20-33(19-25-10-7-9-24-11-8-16-32-29(24)25)30(34)26(18-31)17-23-12-14-27(15-13-23)37-21-22(3)4/h7-9,11-16,22,25-26,28H,5-6,10,17-21,31H2,1-4H3/t25?,26-/m1/s1. The van der Waals surface area contributed by atoms with Crippen LogP contribution in [0.25, 0.3) is 6.08 Å². The molecule has 1 aromatic heterocycles. The SMILES string of the molecule is CCOC(CN(CC1CC=Cc2cccnc21)C(=O)[C@@H](CN)Cc1ccc(OCC(C)C)cc1)OCC. The molecule has 0 bridgehead atoms. The summed E-state index contributed by atoms with van der Waals surface area (Å²) in [7, 11) is 0. The fraction of sp³-hybridized carbons (Fsp3) is 0.533. The molecule has 202 valence electrons. The smallest absolute Gasteiger partial charge is 0.227 e. The Labute approximate surface area is 222 Å². The number of benzene rings is 1. The lowest BCUT2D eigenvalue weighted by molar-refractivity contribution is -0.161. The van der Waals surface area contributed by atoms with Crippen LogP contribution in [0.1, 0.15) is 56.9 Å². The third kappa shape index (κ3) is 8.66. The number of hydrogen-bond acceptors (Lipinski definition) is 6. The van der Waals surface area contributed by atoms with Gasteiger partial charge in [-0.15, -0.1) is 0 Å². The second-order valence-corrected chi connectivity index (χ2v) is 9.88. The molecule has 2 atom stereocenters. The molecule has 1 heterocycles. The largest absolute Gasteiger partial charge is 0.493 e. The number of nitrogens with two attached hydrogens (primary N) is 1. The number of aromatic nitrogens is 1. The summed E-state index contributed by atoms with van der Waals surface area (Å²) < 4.78 is 17.4. The van der Waals surface area contributed by atoms with Crippen LogP contribution < -0.4 is 10.5 Å². The van der Waals surface area contributed by atoms with E-state index in [-0.39, 0.29) is 24.3 Å². The number of fused-ring (bicyclic) bond motifs is 1. The van der Waals surface area contributed by atoms with Crippen LogP contribution in [0.2, 0.25) is 0 Å². The molecule has 2 N–H and O–H groups in total. The normalized spacial score (nSPS) is 15.6. The number of nitrogens with zero attached hydrogens (tertiary/aromatic N) is 2. The van der Waals surface area contributed by atoms with Crippen LogP contribution in [-0.4, -0.2) is 61.5 Å². The van der Waals surface area contributed by atoms with Crippen LogP contribution >= 0.6 is 0 Å². The highest BCUT2D eigenvalue weighted by Gasteiger charge is 2.30. The maximum absolute atomic E-state index is 13.9. The van der Waals surface area contributed by atoms with Crippen LogP contribution in [0.15, 0.2) is 48.7 Å². The Balaban J connectivity index is 1.77. The minimum absolute atomic E-state index is 0.0130. The molecular formula is C30H43N3O4. The average molecular weight is 510 g/mol. The molecule has 2 aromatic rings. The van der Waals surface area contributed by atoms with Gasteiger partial charge < -0.3 is 24.8 Å². The Morgan fingerprint density at radius 1 is 1.14 bits per heavy atom. The van der Waals surface area contributed by atoms with Gasteiger partial charge in [0.05, 0.1) is 24.8 Å². The Hall–Kier alpha value is -2.74. The minimum atomic E-state index is -0.489. The quantitative estimate of drug-likeness (QED) is 0.351. The van der Waals surface area contributed by atoms with Crippen molar-refractivity contribution < 1.29 is 19.0 Å². The van der Waals surface area contributed by atoms with E-state index in [2.05, 4.69) is 37.0 Å². The van der Waals surface area contributed by atoms with Crippen molar-refractivity contribution in [1.82, 2.24) is 9.88 Å². The van der Waals surface area contributed by atoms with Gasteiger partial charge in [-0.05, 0) is 61.9 Å². The number of allylic oxidation sites excluding steroid dienone is 1. The van der Waals surface area contributed by atoms with Crippen molar-refractivity contribution in [2.45, 2.75) is 52.7 Å². The lowest BCUT2D eigenvalue weighted by Gasteiger charge is -2.33. The molecule has 1 aromatic carbocycles. The average Bonchev–Trinajstić information content (AvgIpc) is 2.91. The molecule has 1 unspecified atom stereocenters. The van der Waals surface area contributed by atoms with Crippen molar-refractivity contribution >= 4 is 12.0 Å². The summed E-state index contributed by atoms with van der Waals surface area (Å²) in [5.41, 5.74) is 9.35. The van der Waals surface area contributed by atoms with E-state index in [1.165, 1.54) is 0 Å². The molecule has 0 radical (unpaired) electrons. The van der Waals surface area contributed by atoms with E-state index in [0.717, 1.165) is 29.0 Å². The summed E-state index contributed by atoms with van der Waals surface area (Å²) >= 11 is 0. The Morgan fingerprint density at radius 3 is 2.51 bits per heavy atom. The molecular weight excluding hydrogens is 466 g/mol. The van der Waals surface area contributed by atoms with Gasteiger partial charge in [0, 0.05) is 38.4 Å². The zero-order valence-electron chi connectivity index (χ0n) is 22.8. The lowest BCUT2D eigenvalue weighted by Crippen LogP contribution is -2.46. The Kier molecular flexibility index (Phi) is 11.6. The Bertz CT molecular complexity index is 987. The van der Waals surface area contributed by atoms with Crippen LogP contribution in [0, 0.1) is 11.8 Å². The van der Waals surface area contributed by atoms with Crippen LogP contribution in [-0.2, 0) is 20.7 Å². The fourth-order valence-electron chi connectivity index (χ4n) is 4.57. The highest BCUT2D eigenvalue weighted by Crippen LogP contribution is 2.29. The predicted octanol–water partition coefficient (Wildman–Crippen LogP) is 4.66. The molecule has 0 saturated heterocycles. The van der Waals surface area contributed by atoms with Gasteiger partial charge in [0.1, 0.15) is 5.75 Å². The summed E-state index contributed by atoms with van der Waals surface area (Å²) in [6.07, 6.45) is 6.97. The third-order valence-electron chi connectivity index (χ3n) is 6.43. The second kappa shape index (κ2) is 14.9. The lowest BCUT2D eigenvalue weighted by atomic mass is 9.90. The number of carbonyl (C=O) groups excluding carboxylic acids is 1. The highest BCUT2D eigenvalue weighted by atomic mass is 16.7. The van der Waals surface area contributed by atoms with Crippen molar-refractivity contribution in [1.29, 1.82) is 0 Å². The topological polar surface area (TPSA) is 86.9 Å².